The van der Waals surface area contributed by atoms with Crippen LogP contribution in [0, 0.1) is 0 Å². The van der Waals surface area contributed by atoms with E-state index in [1.54, 1.807) is 12.1 Å². The smallest absolute Gasteiger partial charge is 0.230 e. The number of halogens is 1. The Kier molecular flexibility index (Phi) is 5.41. The van der Waals surface area contributed by atoms with E-state index in [1.165, 1.54) is 0 Å². The zero-order valence-corrected chi connectivity index (χ0v) is 14.4. The Bertz CT molecular complexity index is 664. The number of amides is 1. The fourth-order valence-electron chi connectivity index (χ4n) is 3.42. The first-order valence-electron chi connectivity index (χ1n) is 8.43. The molecule has 1 N–H and O–H groups in total. The minimum Gasteiger partial charge on any atom is -0.492 e. The standard InChI is InChI=1S/C20H22ClNO2/c21-17-8-10-18(11-9-17)24-15-14-22-19(23)20(12-4-5-13-20)16-6-2-1-3-7-16/h1-3,6-11H,4-5,12-15H2,(H,22,23). The average molecular weight is 344 g/mol. The quantitative estimate of drug-likeness (QED) is 0.792. The number of nitrogens with one attached hydrogen (secondary N) is 1. The summed E-state index contributed by atoms with van der Waals surface area (Å²) in [4.78, 5) is 12.8. The average Bonchev–Trinajstić information content (AvgIpc) is 3.12. The number of hydrogen-bond acceptors (Lipinski definition) is 2. The molecule has 4 heteroatoms. The van der Waals surface area contributed by atoms with Crippen molar-refractivity contribution in [2.24, 2.45) is 0 Å². The molecule has 0 spiro atoms. The van der Waals surface area contributed by atoms with E-state index in [9.17, 15) is 4.79 Å². The van der Waals surface area contributed by atoms with Gasteiger partial charge in [-0.25, -0.2) is 0 Å². The Labute approximate surface area is 148 Å². The van der Waals surface area contributed by atoms with Crippen LogP contribution >= 0.6 is 11.6 Å². The van der Waals surface area contributed by atoms with Crippen LogP contribution in [0.15, 0.2) is 54.6 Å². The molecule has 0 radical (unpaired) electrons. The van der Waals surface area contributed by atoms with Gasteiger partial charge in [0.25, 0.3) is 0 Å². The molecule has 0 heterocycles. The molecule has 0 aromatic heterocycles. The third-order valence-electron chi connectivity index (χ3n) is 4.69. The summed E-state index contributed by atoms with van der Waals surface area (Å²) in [6, 6.07) is 17.4. The van der Waals surface area contributed by atoms with Crippen LogP contribution in [-0.2, 0) is 10.2 Å². The molecule has 1 fully saturated rings. The van der Waals surface area contributed by atoms with Gasteiger partial charge in [-0.3, -0.25) is 4.79 Å². The van der Waals surface area contributed by atoms with E-state index in [1.807, 2.05) is 30.3 Å². The van der Waals surface area contributed by atoms with Gasteiger partial charge in [0.1, 0.15) is 12.4 Å². The van der Waals surface area contributed by atoms with Crippen LogP contribution in [0.3, 0.4) is 0 Å². The predicted octanol–water partition coefficient (Wildman–Crippen LogP) is 4.35. The summed E-state index contributed by atoms with van der Waals surface area (Å²) in [5.41, 5.74) is 0.750. The molecular weight excluding hydrogens is 322 g/mol. The lowest BCUT2D eigenvalue weighted by Crippen LogP contribution is -2.43. The van der Waals surface area contributed by atoms with Crippen molar-refractivity contribution in [1.82, 2.24) is 5.32 Å². The largest absolute Gasteiger partial charge is 0.492 e. The lowest BCUT2D eigenvalue weighted by molar-refractivity contribution is -0.126. The highest BCUT2D eigenvalue weighted by Crippen LogP contribution is 2.41. The summed E-state index contributed by atoms with van der Waals surface area (Å²) in [6.07, 6.45) is 4.04. The van der Waals surface area contributed by atoms with E-state index in [4.69, 9.17) is 16.3 Å². The van der Waals surface area contributed by atoms with Crippen molar-refractivity contribution < 1.29 is 9.53 Å². The Hall–Kier alpha value is -2.00. The monoisotopic (exact) mass is 343 g/mol. The van der Waals surface area contributed by atoms with Gasteiger partial charge in [-0.2, -0.15) is 0 Å². The summed E-state index contributed by atoms with van der Waals surface area (Å²) in [7, 11) is 0. The van der Waals surface area contributed by atoms with Crippen molar-refractivity contribution in [2.45, 2.75) is 31.1 Å². The maximum atomic E-state index is 12.8. The molecule has 126 valence electrons. The molecule has 1 aliphatic carbocycles. The maximum Gasteiger partial charge on any atom is 0.230 e. The number of ether oxygens (including phenoxy) is 1. The topological polar surface area (TPSA) is 38.3 Å². The van der Waals surface area contributed by atoms with Crippen LogP contribution in [0.2, 0.25) is 5.02 Å². The van der Waals surface area contributed by atoms with Crippen molar-refractivity contribution >= 4 is 17.5 Å². The molecule has 0 saturated heterocycles. The van der Waals surface area contributed by atoms with Gasteiger partial charge >= 0.3 is 0 Å². The maximum absolute atomic E-state index is 12.8. The van der Waals surface area contributed by atoms with Crippen molar-refractivity contribution in [2.75, 3.05) is 13.2 Å². The number of hydrogen-bond donors (Lipinski definition) is 1. The van der Waals surface area contributed by atoms with Gasteiger partial charge in [0.05, 0.1) is 12.0 Å². The van der Waals surface area contributed by atoms with Crippen molar-refractivity contribution in [3.05, 3.63) is 65.2 Å². The van der Waals surface area contributed by atoms with Gasteiger partial charge in [-0.15, -0.1) is 0 Å². The summed E-state index contributed by atoms with van der Waals surface area (Å²) in [6.45, 7) is 0.939. The number of carbonyl (C=O) groups is 1. The fraction of sp³-hybridized carbons (Fsp3) is 0.350. The second-order valence-electron chi connectivity index (χ2n) is 6.21. The Morgan fingerprint density at radius 1 is 1.04 bits per heavy atom. The summed E-state index contributed by atoms with van der Waals surface area (Å²) in [5.74, 6) is 0.873. The normalized spacial score (nSPS) is 15.9. The summed E-state index contributed by atoms with van der Waals surface area (Å²) < 4.78 is 5.64. The molecule has 0 unspecified atom stereocenters. The predicted molar refractivity (Wildman–Crippen MR) is 96.5 cm³/mol. The van der Waals surface area contributed by atoms with Crippen LogP contribution in [0.5, 0.6) is 5.75 Å². The molecule has 3 nitrogen and oxygen atoms in total. The highest BCUT2D eigenvalue weighted by Gasteiger charge is 2.42. The zero-order chi connectivity index (χ0) is 16.8. The molecule has 1 aliphatic rings. The Morgan fingerprint density at radius 2 is 1.71 bits per heavy atom. The highest BCUT2D eigenvalue weighted by atomic mass is 35.5. The molecule has 24 heavy (non-hydrogen) atoms. The van der Waals surface area contributed by atoms with E-state index in [0.29, 0.717) is 18.2 Å². The van der Waals surface area contributed by atoms with Crippen molar-refractivity contribution in [1.29, 1.82) is 0 Å². The second-order valence-corrected chi connectivity index (χ2v) is 6.65. The molecule has 2 aromatic carbocycles. The molecule has 0 bridgehead atoms. The molecule has 0 atom stereocenters. The van der Waals surface area contributed by atoms with Crippen LogP contribution < -0.4 is 10.1 Å². The molecule has 0 aliphatic heterocycles. The second kappa shape index (κ2) is 7.71. The molecule has 1 saturated carbocycles. The molecule has 2 aromatic rings. The third kappa shape index (κ3) is 3.73. The lowest BCUT2D eigenvalue weighted by atomic mass is 9.78. The Morgan fingerprint density at radius 3 is 2.38 bits per heavy atom. The van der Waals surface area contributed by atoms with Gasteiger partial charge in [0.15, 0.2) is 0 Å². The van der Waals surface area contributed by atoms with Gasteiger partial charge in [0.2, 0.25) is 5.91 Å². The van der Waals surface area contributed by atoms with E-state index in [0.717, 1.165) is 37.0 Å². The van der Waals surface area contributed by atoms with Gasteiger partial charge in [-0.05, 0) is 42.7 Å². The van der Waals surface area contributed by atoms with Gasteiger partial charge < -0.3 is 10.1 Å². The molecule has 1 amide bonds. The first kappa shape index (κ1) is 16.8. The first-order valence-corrected chi connectivity index (χ1v) is 8.81. The summed E-state index contributed by atoms with van der Waals surface area (Å²) in [5, 5.41) is 3.74. The zero-order valence-electron chi connectivity index (χ0n) is 13.6. The molecular formula is C20H22ClNO2. The van der Waals surface area contributed by atoms with Crippen LogP contribution in [0.4, 0.5) is 0 Å². The number of rotatable bonds is 6. The van der Waals surface area contributed by atoms with Gasteiger partial charge in [-0.1, -0.05) is 54.8 Å². The molecule has 3 rings (SSSR count). The first-order chi connectivity index (χ1) is 11.7. The van der Waals surface area contributed by atoms with E-state index >= 15 is 0 Å². The number of benzene rings is 2. The van der Waals surface area contributed by atoms with Gasteiger partial charge in [0, 0.05) is 5.02 Å². The fourth-order valence-corrected chi connectivity index (χ4v) is 3.54. The van der Waals surface area contributed by atoms with Crippen molar-refractivity contribution in [3.63, 3.8) is 0 Å². The van der Waals surface area contributed by atoms with E-state index in [-0.39, 0.29) is 11.3 Å². The SMILES string of the molecule is O=C(NCCOc1ccc(Cl)cc1)C1(c2ccccc2)CCCC1. The highest BCUT2D eigenvalue weighted by molar-refractivity contribution is 6.30. The van der Waals surface area contributed by atoms with E-state index < -0.39 is 0 Å². The summed E-state index contributed by atoms with van der Waals surface area (Å²) >= 11 is 5.85. The van der Waals surface area contributed by atoms with Crippen LogP contribution in [0.1, 0.15) is 31.2 Å². The van der Waals surface area contributed by atoms with Crippen molar-refractivity contribution in [3.8, 4) is 5.75 Å². The van der Waals surface area contributed by atoms with E-state index in [2.05, 4.69) is 17.4 Å². The Balaban J connectivity index is 1.56. The minimum absolute atomic E-state index is 0.117. The van der Waals surface area contributed by atoms with Crippen LogP contribution in [-0.4, -0.2) is 19.1 Å². The third-order valence-corrected chi connectivity index (χ3v) is 4.94. The lowest BCUT2D eigenvalue weighted by Gasteiger charge is -2.28. The minimum atomic E-state index is -0.373. The number of carbonyl (C=O) groups excluding carboxylic acids is 1. The van der Waals surface area contributed by atoms with Crippen LogP contribution in [0.25, 0.3) is 0 Å².